The molecule has 0 spiro atoms. The summed E-state index contributed by atoms with van der Waals surface area (Å²) in [6.07, 6.45) is -6.85. The molecule has 5 unspecified atom stereocenters. The van der Waals surface area contributed by atoms with Gasteiger partial charge in [-0.25, -0.2) is 9.59 Å². The molecule has 0 aromatic heterocycles. The van der Waals surface area contributed by atoms with Gasteiger partial charge in [0, 0.05) is 25.0 Å². The standard InChI is InChI=1S/C33H40O15/c1-16-6-20-10-22(35)12-25(36)30(20)32(41)46-18(3)8-27(38)44-17(2)7-21-11-23(43-5)13-26(37)31(21)33(42)47-19(4)9-28(39)48-24(15-34)14-29(40)45-16/h10-13,16-19,24,34-37H,6-9,14-15H2,1-5H3. The molecular formula is C33H40O15. The van der Waals surface area contributed by atoms with Crippen molar-refractivity contribution in [2.75, 3.05) is 13.7 Å². The van der Waals surface area contributed by atoms with E-state index < -0.39 is 97.7 Å². The molecule has 262 valence electrons. The normalized spacial score (nSPS) is 24.0. The number of hydrogen-bond donors (Lipinski definition) is 4. The summed E-state index contributed by atoms with van der Waals surface area (Å²) < 4.78 is 32.0. The third-order valence-electron chi connectivity index (χ3n) is 7.10. The summed E-state index contributed by atoms with van der Waals surface area (Å²) >= 11 is 0. The summed E-state index contributed by atoms with van der Waals surface area (Å²) in [5, 5.41) is 40.9. The lowest BCUT2D eigenvalue weighted by molar-refractivity contribution is -0.160. The quantitative estimate of drug-likeness (QED) is 0.265. The number of phenols is 3. The first-order valence-corrected chi connectivity index (χ1v) is 15.2. The van der Waals surface area contributed by atoms with E-state index in [1.807, 2.05) is 0 Å². The molecule has 2 aromatic rings. The Bertz CT molecular complexity index is 1520. The van der Waals surface area contributed by atoms with Crippen LogP contribution in [0.4, 0.5) is 0 Å². The second-order valence-corrected chi connectivity index (χ2v) is 11.5. The zero-order chi connectivity index (χ0) is 35.7. The SMILES string of the molecule is COc1cc(O)c2c(c1)CC(C)OC(=O)CC(C)OC(=O)c1c(O)cc(O)cc1CC(C)OC(=O)CC(CO)OC(=O)CC(C)OC2=O. The number of fused-ring (bicyclic) bond motifs is 2. The number of aliphatic hydroxyl groups excluding tert-OH is 1. The van der Waals surface area contributed by atoms with Crippen LogP contribution in [0.3, 0.4) is 0 Å². The van der Waals surface area contributed by atoms with Gasteiger partial charge in [-0.05, 0) is 51.0 Å². The van der Waals surface area contributed by atoms with Crippen LogP contribution < -0.4 is 4.74 Å². The largest absolute Gasteiger partial charge is 0.508 e. The number of rotatable bonds is 2. The van der Waals surface area contributed by atoms with Crippen molar-refractivity contribution in [3.8, 4) is 23.0 Å². The van der Waals surface area contributed by atoms with Crippen molar-refractivity contribution < 1.29 is 72.8 Å². The third-order valence-corrected chi connectivity index (χ3v) is 7.10. The number of methoxy groups -OCH3 is 1. The van der Waals surface area contributed by atoms with Crippen molar-refractivity contribution in [1.82, 2.24) is 0 Å². The zero-order valence-corrected chi connectivity index (χ0v) is 27.2. The van der Waals surface area contributed by atoms with Crippen molar-refractivity contribution in [3.05, 3.63) is 46.5 Å². The molecule has 0 fully saturated rings. The number of ether oxygens (including phenoxy) is 6. The summed E-state index contributed by atoms with van der Waals surface area (Å²) in [6, 6.07) is 4.74. The zero-order valence-electron chi connectivity index (χ0n) is 27.2. The van der Waals surface area contributed by atoms with E-state index in [2.05, 4.69) is 0 Å². The Morgan fingerprint density at radius 2 is 1.04 bits per heavy atom. The van der Waals surface area contributed by atoms with E-state index in [1.165, 1.54) is 53.0 Å². The van der Waals surface area contributed by atoms with Crippen LogP contribution in [0.2, 0.25) is 0 Å². The average molecular weight is 677 g/mol. The molecule has 1 aliphatic rings. The maximum absolute atomic E-state index is 13.2. The molecular weight excluding hydrogens is 636 g/mol. The van der Waals surface area contributed by atoms with Crippen LogP contribution in [0, 0.1) is 0 Å². The van der Waals surface area contributed by atoms with E-state index in [9.17, 15) is 44.4 Å². The number of aromatic hydroxyl groups is 3. The van der Waals surface area contributed by atoms with Crippen LogP contribution >= 0.6 is 0 Å². The minimum Gasteiger partial charge on any atom is -0.508 e. The monoisotopic (exact) mass is 676 g/mol. The maximum Gasteiger partial charge on any atom is 0.342 e. The first-order valence-electron chi connectivity index (χ1n) is 15.2. The Kier molecular flexibility index (Phi) is 13.0. The van der Waals surface area contributed by atoms with Gasteiger partial charge in [-0.15, -0.1) is 0 Å². The summed E-state index contributed by atoms with van der Waals surface area (Å²) in [5.74, 6) is -5.85. The Morgan fingerprint density at radius 3 is 1.54 bits per heavy atom. The van der Waals surface area contributed by atoms with Crippen molar-refractivity contribution in [2.45, 2.75) is 90.3 Å². The van der Waals surface area contributed by atoms with Gasteiger partial charge < -0.3 is 48.8 Å². The number of aliphatic hydroxyl groups is 1. The highest BCUT2D eigenvalue weighted by Gasteiger charge is 2.29. The van der Waals surface area contributed by atoms with Gasteiger partial charge in [0.15, 0.2) is 0 Å². The lowest BCUT2D eigenvalue weighted by atomic mass is 10.00. The number of carbonyl (C=O) groups excluding carboxylic acids is 5. The fraction of sp³-hybridized carbons (Fsp3) is 0.485. The molecule has 4 N–H and O–H groups in total. The Balaban J connectivity index is 1.94. The smallest absolute Gasteiger partial charge is 0.342 e. The van der Waals surface area contributed by atoms with Crippen molar-refractivity contribution in [2.24, 2.45) is 0 Å². The van der Waals surface area contributed by atoms with Crippen LogP contribution in [0.5, 0.6) is 23.0 Å². The second kappa shape index (κ2) is 16.7. The molecule has 0 saturated heterocycles. The summed E-state index contributed by atoms with van der Waals surface area (Å²) in [7, 11) is 1.35. The fourth-order valence-electron chi connectivity index (χ4n) is 5.08. The molecule has 1 heterocycles. The maximum atomic E-state index is 13.2. The van der Waals surface area contributed by atoms with Gasteiger partial charge >= 0.3 is 29.8 Å². The lowest BCUT2D eigenvalue weighted by Gasteiger charge is -2.21. The first-order chi connectivity index (χ1) is 22.6. The molecule has 15 heteroatoms. The van der Waals surface area contributed by atoms with E-state index in [-0.39, 0.29) is 46.6 Å². The van der Waals surface area contributed by atoms with E-state index >= 15 is 0 Å². The Labute approximate surface area is 276 Å². The van der Waals surface area contributed by atoms with Crippen LogP contribution in [-0.2, 0) is 50.9 Å². The van der Waals surface area contributed by atoms with Gasteiger partial charge in [0.05, 0.1) is 33.0 Å². The van der Waals surface area contributed by atoms with Gasteiger partial charge in [0.2, 0.25) is 0 Å². The average Bonchev–Trinajstić information content (AvgIpc) is 2.94. The van der Waals surface area contributed by atoms with Crippen LogP contribution in [0.25, 0.3) is 0 Å². The molecule has 1 aliphatic heterocycles. The summed E-state index contributed by atoms with van der Waals surface area (Å²) in [5.41, 5.74) is -0.316. The molecule has 0 radical (unpaired) electrons. The van der Waals surface area contributed by atoms with Crippen molar-refractivity contribution >= 4 is 29.8 Å². The van der Waals surface area contributed by atoms with Gasteiger partial charge in [-0.2, -0.15) is 0 Å². The minimum atomic E-state index is -1.30. The predicted molar refractivity (Wildman–Crippen MR) is 164 cm³/mol. The van der Waals surface area contributed by atoms with E-state index in [0.717, 1.165) is 6.07 Å². The number of phenolic OH excluding ortho intramolecular Hbond substituents is 3. The molecule has 3 rings (SSSR count). The fourth-order valence-corrected chi connectivity index (χ4v) is 5.08. The molecule has 0 aliphatic carbocycles. The van der Waals surface area contributed by atoms with Crippen LogP contribution in [-0.4, -0.2) is 94.5 Å². The van der Waals surface area contributed by atoms with E-state index in [4.69, 9.17) is 28.4 Å². The number of hydrogen-bond acceptors (Lipinski definition) is 15. The first kappa shape index (κ1) is 37.4. The number of esters is 5. The van der Waals surface area contributed by atoms with Crippen molar-refractivity contribution in [1.29, 1.82) is 0 Å². The second-order valence-electron chi connectivity index (χ2n) is 11.5. The summed E-state index contributed by atoms with van der Waals surface area (Å²) in [4.78, 5) is 64.3. The van der Waals surface area contributed by atoms with Crippen LogP contribution in [0.15, 0.2) is 24.3 Å². The van der Waals surface area contributed by atoms with Gasteiger partial charge in [0.1, 0.15) is 64.6 Å². The van der Waals surface area contributed by atoms with Crippen molar-refractivity contribution in [3.63, 3.8) is 0 Å². The highest BCUT2D eigenvalue weighted by atomic mass is 16.6. The van der Waals surface area contributed by atoms with E-state index in [1.54, 1.807) is 0 Å². The topological polar surface area (TPSA) is 222 Å². The van der Waals surface area contributed by atoms with Crippen LogP contribution in [0.1, 0.15) is 78.8 Å². The Hall–Kier alpha value is -5.05. The highest BCUT2D eigenvalue weighted by Crippen LogP contribution is 2.32. The third kappa shape index (κ3) is 10.5. The van der Waals surface area contributed by atoms with Gasteiger partial charge in [0.25, 0.3) is 0 Å². The van der Waals surface area contributed by atoms with Gasteiger partial charge in [-0.1, -0.05) is 0 Å². The predicted octanol–water partition coefficient (Wildman–Crippen LogP) is 2.64. The molecule has 15 nitrogen and oxygen atoms in total. The summed E-state index contributed by atoms with van der Waals surface area (Å²) in [6.45, 7) is 5.10. The number of benzene rings is 2. The lowest BCUT2D eigenvalue weighted by Crippen LogP contribution is -2.30. The number of carbonyl (C=O) groups is 5. The molecule has 0 amide bonds. The highest BCUT2D eigenvalue weighted by molar-refractivity contribution is 5.95. The number of cyclic esters (lactones) is 5. The molecule has 5 atom stereocenters. The Morgan fingerprint density at radius 1 is 0.604 bits per heavy atom. The molecule has 0 bridgehead atoms. The van der Waals surface area contributed by atoms with Gasteiger partial charge in [-0.3, -0.25) is 14.4 Å². The minimum absolute atomic E-state index is 0.0710. The van der Waals surface area contributed by atoms with E-state index in [0.29, 0.717) is 0 Å². The molecule has 0 saturated carbocycles. The molecule has 2 aromatic carbocycles. The molecule has 48 heavy (non-hydrogen) atoms.